The molecule has 10 nitrogen and oxygen atoms in total. The highest BCUT2D eigenvalue weighted by molar-refractivity contribution is 7.92. The number of nitrogens with one attached hydrogen (secondary N) is 2. The van der Waals surface area contributed by atoms with Crippen molar-refractivity contribution in [1.29, 1.82) is 0 Å². The number of pyridine rings is 1. The second kappa shape index (κ2) is 13.0. The Morgan fingerprint density at radius 3 is 2.23 bits per heavy atom. The predicted molar refractivity (Wildman–Crippen MR) is 172 cm³/mol. The Morgan fingerprint density at radius 1 is 1.02 bits per heavy atom. The number of rotatable bonds is 10. The SMILES string of the molecule is CCS(=O)(=O)Nc1ccc(Oc2c(C)cc(C(C)(C)O)cc2C)c(-c2cn(C)c(=O)cc2O[C@H]2CC[C@H](NC(C)=O)CC2)c1. The number of hydrogen-bond donors (Lipinski definition) is 3. The van der Waals surface area contributed by atoms with Crippen LogP contribution >= 0.6 is 0 Å². The Balaban J connectivity index is 1.79. The van der Waals surface area contributed by atoms with Crippen molar-refractivity contribution in [3.8, 4) is 28.4 Å². The Kier molecular flexibility index (Phi) is 9.80. The molecule has 1 aliphatic rings. The lowest BCUT2D eigenvalue weighted by molar-refractivity contribution is -0.120. The normalized spacial score (nSPS) is 17.2. The molecule has 2 aromatic carbocycles. The van der Waals surface area contributed by atoms with E-state index < -0.39 is 15.6 Å². The molecule has 1 saturated carbocycles. The van der Waals surface area contributed by atoms with Gasteiger partial charge in [-0.2, -0.15) is 0 Å². The van der Waals surface area contributed by atoms with Crippen LogP contribution in [0.5, 0.6) is 17.2 Å². The molecule has 0 atom stereocenters. The Bertz CT molecular complexity index is 1680. The third-order valence-corrected chi connectivity index (χ3v) is 9.17. The standard InChI is InChI=1S/C33H43N3O7S/c1-8-44(40,41)35-25-11-14-29(43-32-20(2)15-23(16-21(32)3)33(5,6)39)27(17-25)28-19-36(7)31(38)18-30(28)42-26-12-9-24(10-13-26)34-22(4)37/h11,14-19,24,26,35,39H,8-10,12-13H2,1-7H3,(H,34,37)/t24-,26-. The number of anilines is 1. The van der Waals surface area contributed by atoms with Crippen LogP contribution in [0, 0.1) is 13.8 Å². The van der Waals surface area contributed by atoms with Crippen LogP contribution in [0.3, 0.4) is 0 Å². The van der Waals surface area contributed by atoms with E-state index in [2.05, 4.69) is 10.0 Å². The first kappa shape index (κ1) is 33.1. The summed E-state index contributed by atoms with van der Waals surface area (Å²) in [6.45, 7) is 10.3. The van der Waals surface area contributed by atoms with Crippen LogP contribution in [0.15, 0.2) is 47.4 Å². The molecule has 3 N–H and O–H groups in total. The van der Waals surface area contributed by atoms with Gasteiger partial charge < -0.3 is 24.5 Å². The smallest absolute Gasteiger partial charge is 0.254 e. The van der Waals surface area contributed by atoms with Crippen molar-refractivity contribution >= 4 is 21.6 Å². The van der Waals surface area contributed by atoms with E-state index in [9.17, 15) is 23.1 Å². The van der Waals surface area contributed by atoms with E-state index in [-0.39, 0.29) is 29.4 Å². The highest BCUT2D eigenvalue weighted by Crippen LogP contribution is 2.42. The molecule has 3 aromatic rings. The minimum absolute atomic E-state index is 0.0606. The molecule has 11 heteroatoms. The van der Waals surface area contributed by atoms with E-state index in [4.69, 9.17) is 9.47 Å². The molecule has 0 radical (unpaired) electrons. The lowest BCUT2D eigenvalue weighted by Crippen LogP contribution is -2.38. The highest BCUT2D eigenvalue weighted by atomic mass is 32.2. The summed E-state index contributed by atoms with van der Waals surface area (Å²) >= 11 is 0. The lowest BCUT2D eigenvalue weighted by atomic mass is 9.92. The number of aryl methyl sites for hydroxylation is 3. The molecular weight excluding hydrogens is 582 g/mol. The molecule has 0 spiro atoms. The van der Waals surface area contributed by atoms with Gasteiger partial charge in [-0.25, -0.2) is 8.42 Å². The van der Waals surface area contributed by atoms with Crippen LogP contribution in [0.4, 0.5) is 5.69 Å². The summed E-state index contributed by atoms with van der Waals surface area (Å²) in [6.07, 6.45) is 4.41. The topological polar surface area (TPSA) is 136 Å². The molecule has 0 aliphatic heterocycles. The molecule has 0 bridgehead atoms. The van der Waals surface area contributed by atoms with Gasteiger partial charge in [0, 0.05) is 49.1 Å². The Hall–Kier alpha value is -3.83. The summed E-state index contributed by atoms with van der Waals surface area (Å²) < 4.78 is 41.9. The fraction of sp³-hybridized carbons (Fsp3) is 0.455. The van der Waals surface area contributed by atoms with Gasteiger partial charge in [0.2, 0.25) is 15.9 Å². The number of carbonyl (C=O) groups excluding carboxylic acids is 1. The van der Waals surface area contributed by atoms with Crippen LogP contribution in [-0.2, 0) is 27.5 Å². The van der Waals surface area contributed by atoms with Crippen molar-refractivity contribution in [2.45, 2.75) is 85.0 Å². The van der Waals surface area contributed by atoms with E-state index in [1.807, 2.05) is 26.0 Å². The number of aliphatic hydroxyl groups is 1. The van der Waals surface area contributed by atoms with Crippen molar-refractivity contribution in [1.82, 2.24) is 9.88 Å². The second-order valence-electron chi connectivity index (χ2n) is 12.1. The Labute approximate surface area is 259 Å². The quantitative estimate of drug-likeness (QED) is 0.279. The molecular formula is C33H43N3O7S. The van der Waals surface area contributed by atoms with E-state index in [0.717, 1.165) is 29.5 Å². The average Bonchev–Trinajstić information content (AvgIpc) is 2.93. The largest absolute Gasteiger partial charge is 0.490 e. The third kappa shape index (κ3) is 8.00. The van der Waals surface area contributed by atoms with Crippen LogP contribution in [-0.4, -0.2) is 41.9 Å². The molecule has 4 rings (SSSR count). The maximum atomic E-state index is 12.8. The first-order valence-electron chi connectivity index (χ1n) is 14.9. The summed E-state index contributed by atoms with van der Waals surface area (Å²) in [5.74, 6) is 1.24. The van der Waals surface area contributed by atoms with Crippen molar-refractivity contribution in [2.24, 2.45) is 7.05 Å². The van der Waals surface area contributed by atoms with Crippen LogP contribution in [0.1, 0.15) is 70.1 Å². The van der Waals surface area contributed by atoms with Crippen molar-refractivity contribution in [3.05, 3.63) is 69.6 Å². The number of carbonyl (C=O) groups is 1. The van der Waals surface area contributed by atoms with E-state index >= 15 is 0 Å². The van der Waals surface area contributed by atoms with Crippen molar-refractivity contribution in [2.75, 3.05) is 10.5 Å². The number of sulfonamides is 1. The van der Waals surface area contributed by atoms with Gasteiger partial charge in [0.15, 0.2) is 0 Å². The maximum absolute atomic E-state index is 12.8. The first-order chi connectivity index (χ1) is 20.6. The molecule has 0 unspecified atom stereocenters. The monoisotopic (exact) mass is 625 g/mol. The van der Waals surface area contributed by atoms with Gasteiger partial charge in [-0.3, -0.25) is 14.3 Å². The molecule has 1 aromatic heterocycles. The van der Waals surface area contributed by atoms with Crippen molar-refractivity contribution < 1.29 is 27.8 Å². The minimum Gasteiger partial charge on any atom is -0.490 e. The fourth-order valence-corrected chi connectivity index (χ4v) is 6.05. The zero-order valence-electron chi connectivity index (χ0n) is 26.5. The molecule has 0 saturated heterocycles. The minimum atomic E-state index is -3.57. The van der Waals surface area contributed by atoms with Gasteiger partial charge in [0.05, 0.1) is 17.5 Å². The summed E-state index contributed by atoms with van der Waals surface area (Å²) in [5, 5.41) is 13.5. The number of ether oxygens (including phenoxy) is 2. The number of hydrogen-bond acceptors (Lipinski definition) is 7. The molecule has 1 heterocycles. The lowest BCUT2D eigenvalue weighted by Gasteiger charge is -2.30. The highest BCUT2D eigenvalue weighted by Gasteiger charge is 2.26. The number of benzene rings is 2. The predicted octanol–water partition coefficient (Wildman–Crippen LogP) is 5.28. The van der Waals surface area contributed by atoms with Gasteiger partial charge >= 0.3 is 0 Å². The zero-order chi connectivity index (χ0) is 32.4. The number of amides is 1. The Morgan fingerprint density at radius 2 is 1.66 bits per heavy atom. The third-order valence-electron chi connectivity index (χ3n) is 7.87. The summed E-state index contributed by atoms with van der Waals surface area (Å²) in [4.78, 5) is 24.3. The zero-order valence-corrected chi connectivity index (χ0v) is 27.3. The summed E-state index contributed by atoms with van der Waals surface area (Å²) in [6, 6.07) is 10.3. The number of aromatic nitrogens is 1. The molecule has 44 heavy (non-hydrogen) atoms. The van der Waals surface area contributed by atoms with Crippen LogP contribution in [0.2, 0.25) is 0 Å². The number of nitrogens with zero attached hydrogens (tertiary/aromatic N) is 1. The van der Waals surface area contributed by atoms with Gasteiger partial charge in [-0.15, -0.1) is 0 Å². The van der Waals surface area contributed by atoms with Gasteiger partial charge in [0.25, 0.3) is 5.56 Å². The summed E-state index contributed by atoms with van der Waals surface area (Å²) in [5.41, 5.74) is 2.54. The van der Waals surface area contributed by atoms with Gasteiger partial charge in [-0.05, 0) is 107 Å². The molecule has 1 aliphatic carbocycles. The van der Waals surface area contributed by atoms with E-state index in [0.29, 0.717) is 46.9 Å². The van der Waals surface area contributed by atoms with E-state index in [1.54, 1.807) is 52.2 Å². The maximum Gasteiger partial charge on any atom is 0.254 e. The van der Waals surface area contributed by atoms with Gasteiger partial charge in [-0.1, -0.05) is 0 Å². The van der Waals surface area contributed by atoms with Gasteiger partial charge in [0.1, 0.15) is 17.2 Å². The van der Waals surface area contributed by atoms with E-state index in [1.165, 1.54) is 17.6 Å². The molecule has 238 valence electrons. The fourth-order valence-electron chi connectivity index (χ4n) is 5.42. The first-order valence-corrected chi connectivity index (χ1v) is 16.5. The molecule has 1 fully saturated rings. The van der Waals surface area contributed by atoms with Crippen LogP contribution < -0.4 is 25.1 Å². The average molecular weight is 626 g/mol. The summed E-state index contributed by atoms with van der Waals surface area (Å²) in [7, 11) is -1.93. The van der Waals surface area contributed by atoms with Crippen LogP contribution in [0.25, 0.3) is 11.1 Å². The van der Waals surface area contributed by atoms with Crippen molar-refractivity contribution in [3.63, 3.8) is 0 Å². The molecule has 1 amide bonds. The second-order valence-corrected chi connectivity index (χ2v) is 14.1.